The number of carbonyl (C=O) groups excluding carboxylic acids is 3. The number of hydrogen-bond acceptors (Lipinski definition) is 5. The fourth-order valence-corrected chi connectivity index (χ4v) is 2.27. The van der Waals surface area contributed by atoms with E-state index < -0.39 is 23.3 Å². The van der Waals surface area contributed by atoms with Gasteiger partial charge in [-0.05, 0) is 26.7 Å². The smallest absolute Gasteiger partial charge is 0.312 e. The minimum absolute atomic E-state index is 0.0245. The Labute approximate surface area is 111 Å². The Hall–Kier alpha value is -1.04. The summed E-state index contributed by atoms with van der Waals surface area (Å²) in [5, 5.41) is 2.54. The summed E-state index contributed by atoms with van der Waals surface area (Å²) in [7, 11) is 0. The number of amides is 1. The van der Waals surface area contributed by atoms with Gasteiger partial charge in [0.2, 0.25) is 5.12 Å². The summed E-state index contributed by atoms with van der Waals surface area (Å²) in [6, 6.07) is -0.430. The average molecular weight is 273 g/mol. The first-order valence-electron chi connectivity index (χ1n) is 6.00. The molecule has 1 saturated heterocycles. The van der Waals surface area contributed by atoms with E-state index in [1.807, 2.05) is 6.92 Å². The Balaban J connectivity index is 2.33. The quantitative estimate of drug-likeness (QED) is 0.760. The third-order valence-corrected chi connectivity index (χ3v) is 4.05. The standard InChI is InChI=1S/C12H19NO4S/c1-4-12(2,3)11(16)17-7-9(14)13-8-5-6-18-10(8)15/h8H,4-7H2,1-3H3,(H,13,14). The van der Waals surface area contributed by atoms with Gasteiger partial charge >= 0.3 is 5.97 Å². The number of nitrogens with one attached hydrogen (secondary N) is 1. The van der Waals surface area contributed by atoms with E-state index in [4.69, 9.17) is 4.74 Å². The van der Waals surface area contributed by atoms with Crippen LogP contribution in [-0.2, 0) is 19.1 Å². The van der Waals surface area contributed by atoms with Gasteiger partial charge in [0, 0.05) is 5.75 Å². The van der Waals surface area contributed by atoms with Crippen molar-refractivity contribution in [3.05, 3.63) is 0 Å². The average Bonchev–Trinajstić information content (AvgIpc) is 2.72. The molecule has 1 atom stereocenters. The molecule has 0 aliphatic carbocycles. The van der Waals surface area contributed by atoms with E-state index in [1.165, 1.54) is 11.8 Å². The van der Waals surface area contributed by atoms with Crippen LogP contribution in [0.3, 0.4) is 0 Å². The van der Waals surface area contributed by atoms with Crippen molar-refractivity contribution in [2.45, 2.75) is 39.7 Å². The van der Waals surface area contributed by atoms with E-state index >= 15 is 0 Å². The highest BCUT2D eigenvalue weighted by Gasteiger charge is 2.29. The van der Waals surface area contributed by atoms with Gasteiger partial charge in [0.05, 0.1) is 11.5 Å². The minimum Gasteiger partial charge on any atom is -0.455 e. The van der Waals surface area contributed by atoms with Gasteiger partial charge in [0.25, 0.3) is 5.91 Å². The van der Waals surface area contributed by atoms with E-state index in [0.717, 1.165) is 5.75 Å². The van der Waals surface area contributed by atoms with Gasteiger partial charge in [0.1, 0.15) is 0 Å². The predicted octanol–water partition coefficient (Wildman–Crippen LogP) is 1.11. The molecule has 0 aromatic carbocycles. The molecule has 1 unspecified atom stereocenters. The summed E-state index contributed by atoms with van der Waals surface area (Å²) >= 11 is 1.22. The fourth-order valence-electron chi connectivity index (χ4n) is 1.33. The van der Waals surface area contributed by atoms with Crippen molar-refractivity contribution in [2.24, 2.45) is 5.41 Å². The second-order valence-electron chi connectivity index (χ2n) is 4.89. The Morgan fingerprint density at radius 2 is 2.17 bits per heavy atom. The molecule has 1 N–H and O–H groups in total. The van der Waals surface area contributed by atoms with Crippen LogP contribution in [0.15, 0.2) is 0 Å². The van der Waals surface area contributed by atoms with Crippen LogP contribution in [0.4, 0.5) is 0 Å². The van der Waals surface area contributed by atoms with Crippen LogP contribution in [0.5, 0.6) is 0 Å². The zero-order valence-corrected chi connectivity index (χ0v) is 11.8. The molecule has 0 bridgehead atoms. The molecule has 0 radical (unpaired) electrons. The molecule has 1 rings (SSSR count). The van der Waals surface area contributed by atoms with Crippen molar-refractivity contribution >= 4 is 28.8 Å². The lowest BCUT2D eigenvalue weighted by atomic mass is 9.91. The minimum atomic E-state index is -0.584. The first-order valence-corrected chi connectivity index (χ1v) is 6.98. The monoisotopic (exact) mass is 273 g/mol. The fraction of sp³-hybridized carbons (Fsp3) is 0.750. The molecule has 6 heteroatoms. The lowest BCUT2D eigenvalue weighted by Crippen LogP contribution is -2.40. The van der Waals surface area contributed by atoms with E-state index in [9.17, 15) is 14.4 Å². The largest absolute Gasteiger partial charge is 0.455 e. The van der Waals surface area contributed by atoms with Crippen molar-refractivity contribution in [3.63, 3.8) is 0 Å². The van der Waals surface area contributed by atoms with E-state index in [0.29, 0.717) is 12.8 Å². The maximum atomic E-state index is 11.6. The molecule has 1 heterocycles. The molecule has 102 valence electrons. The molecule has 0 aromatic heterocycles. The van der Waals surface area contributed by atoms with Gasteiger partial charge in [-0.25, -0.2) is 0 Å². The van der Waals surface area contributed by atoms with Crippen LogP contribution in [-0.4, -0.2) is 35.4 Å². The van der Waals surface area contributed by atoms with Crippen LogP contribution in [0, 0.1) is 5.41 Å². The van der Waals surface area contributed by atoms with Gasteiger partial charge < -0.3 is 10.1 Å². The predicted molar refractivity (Wildman–Crippen MR) is 69.0 cm³/mol. The second-order valence-corrected chi connectivity index (χ2v) is 5.99. The summed E-state index contributed by atoms with van der Waals surface area (Å²) in [4.78, 5) is 34.4. The molecule has 0 spiro atoms. The second kappa shape index (κ2) is 6.22. The van der Waals surface area contributed by atoms with Crippen LogP contribution in [0.1, 0.15) is 33.6 Å². The zero-order valence-electron chi connectivity index (χ0n) is 10.9. The summed E-state index contributed by atoms with van der Waals surface area (Å²) in [5.74, 6) is -0.0877. The molecule has 1 fully saturated rings. The van der Waals surface area contributed by atoms with Crippen molar-refractivity contribution in [2.75, 3.05) is 12.4 Å². The Kier molecular flexibility index (Phi) is 5.19. The highest BCUT2D eigenvalue weighted by Crippen LogP contribution is 2.21. The normalized spacial score (nSPS) is 19.7. The zero-order chi connectivity index (χ0) is 13.8. The molecule has 1 amide bonds. The number of esters is 1. The Morgan fingerprint density at radius 1 is 1.50 bits per heavy atom. The SMILES string of the molecule is CCC(C)(C)C(=O)OCC(=O)NC1CCSC1=O. The first-order chi connectivity index (χ1) is 8.36. The van der Waals surface area contributed by atoms with Gasteiger partial charge in [-0.3, -0.25) is 14.4 Å². The summed E-state index contributed by atoms with van der Waals surface area (Å²) in [6.45, 7) is 5.10. The molecule has 5 nitrogen and oxygen atoms in total. The van der Waals surface area contributed by atoms with Gasteiger partial charge in [-0.1, -0.05) is 18.7 Å². The number of carbonyl (C=O) groups is 3. The molecule has 0 aromatic rings. The highest BCUT2D eigenvalue weighted by molar-refractivity contribution is 8.14. The highest BCUT2D eigenvalue weighted by atomic mass is 32.2. The lowest BCUT2D eigenvalue weighted by Gasteiger charge is -2.20. The van der Waals surface area contributed by atoms with Crippen LogP contribution >= 0.6 is 11.8 Å². The summed E-state index contributed by atoms with van der Waals surface area (Å²) in [6.07, 6.45) is 1.29. The molecule has 1 aliphatic heterocycles. The van der Waals surface area contributed by atoms with Gasteiger partial charge in [-0.15, -0.1) is 0 Å². The number of thioether (sulfide) groups is 1. The molecule has 1 aliphatic rings. The lowest BCUT2D eigenvalue weighted by molar-refractivity contribution is -0.157. The molecular formula is C12H19NO4S. The van der Waals surface area contributed by atoms with Crippen molar-refractivity contribution < 1.29 is 19.1 Å². The van der Waals surface area contributed by atoms with Gasteiger partial charge in [-0.2, -0.15) is 0 Å². The van der Waals surface area contributed by atoms with E-state index in [1.54, 1.807) is 13.8 Å². The first kappa shape index (κ1) is 15.0. The summed E-state index contributed by atoms with van der Waals surface area (Å²) < 4.78 is 4.94. The molecule has 18 heavy (non-hydrogen) atoms. The number of ether oxygens (including phenoxy) is 1. The van der Waals surface area contributed by atoms with Crippen LogP contribution < -0.4 is 5.32 Å². The van der Waals surface area contributed by atoms with Crippen molar-refractivity contribution in [3.8, 4) is 0 Å². The third-order valence-electron chi connectivity index (χ3n) is 3.04. The number of hydrogen-bond donors (Lipinski definition) is 1. The van der Waals surface area contributed by atoms with E-state index in [-0.39, 0.29) is 11.7 Å². The third kappa shape index (κ3) is 4.01. The van der Waals surface area contributed by atoms with Crippen molar-refractivity contribution in [1.82, 2.24) is 5.32 Å². The molecular weight excluding hydrogens is 254 g/mol. The maximum absolute atomic E-state index is 11.6. The summed E-state index contributed by atoms with van der Waals surface area (Å²) in [5.41, 5.74) is -0.584. The Bertz CT molecular complexity index is 354. The van der Waals surface area contributed by atoms with Crippen LogP contribution in [0.25, 0.3) is 0 Å². The Morgan fingerprint density at radius 3 is 2.67 bits per heavy atom. The topological polar surface area (TPSA) is 72.5 Å². The van der Waals surface area contributed by atoms with E-state index in [2.05, 4.69) is 5.32 Å². The van der Waals surface area contributed by atoms with Crippen molar-refractivity contribution in [1.29, 1.82) is 0 Å². The van der Waals surface area contributed by atoms with Crippen LogP contribution in [0.2, 0.25) is 0 Å². The van der Waals surface area contributed by atoms with Gasteiger partial charge in [0.15, 0.2) is 6.61 Å². The number of rotatable bonds is 5. The maximum Gasteiger partial charge on any atom is 0.312 e. The molecule has 0 saturated carbocycles.